The van der Waals surface area contributed by atoms with E-state index in [1.807, 2.05) is 0 Å². The van der Waals surface area contributed by atoms with E-state index in [9.17, 15) is 9.18 Å². The molecule has 1 aromatic carbocycles. The van der Waals surface area contributed by atoms with Crippen molar-refractivity contribution in [2.24, 2.45) is 0 Å². The number of aromatic carboxylic acids is 1. The molecule has 6 heteroatoms. The van der Waals surface area contributed by atoms with Gasteiger partial charge in [-0.3, -0.25) is 0 Å². The molecule has 0 atom stereocenters. The Hall–Kier alpha value is -2.08. The van der Waals surface area contributed by atoms with Crippen molar-refractivity contribution in [3.8, 4) is 0 Å². The van der Waals surface area contributed by atoms with Crippen molar-refractivity contribution >= 4 is 23.4 Å². The summed E-state index contributed by atoms with van der Waals surface area (Å²) in [4.78, 5) is 15.5. The summed E-state index contributed by atoms with van der Waals surface area (Å²) in [6, 6.07) is 7.35. The number of pyridine rings is 1. The Balaban J connectivity index is 2.30. The maximum absolute atomic E-state index is 13.0. The van der Waals surface area contributed by atoms with E-state index in [-0.39, 0.29) is 17.1 Å². The lowest BCUT2D eigenvalue weighted by Crippen LogP contribution is -2.03. The molecule has 0 fully saturated rings. The second-order valence-electron chi connectivity index (χ2n) is 3.47. The Labute approximate surface area is 107 Å². The predicted molar refractivity (Wildman–Crippen MR) is 66.1 cm³/mol. The predicted octanol–water partition coefficient (Wildman–Crippen LogP) is 2.65. The summed E-state index contributed by atoms with van der Waals surface area (Å²) in [5.41, 5.74) is 5.59. The molecule has 0 aliphatic carbocycles. The van der Waals surface area contributed by atoms with E-state index in [4.69, 9.17) is 10.8 Å². The fourth-order valence-corrected chi connectivity index (χ4v) is 2.18. The number of aromatic nitrogens is 1. The third kappa shape index (κ3) is 2.78. The molecule has 0 spiro atoms. The summed E-state index contributed by atoms with van der Waals surface area (Å²) in [5, 5.41) is 9.37. The molecule has 0 saturated heterocycles. The van der Waals surface area contributed by atoms with Crippen molar-refractivity contribution in [1.82, 2.24) is 4.98 Å². The maximum Gasteiger partial charge on any atom is 0.337 e. The molecular formula is C12H9FN2O2S. The van der Waals surface area contributed by atoms with Crippen LogP contribution in [0.5, 0.6) is 0 Å². The average molecular weight is 264 g/mol. The standard InChI is InChI=1S/C12H9FN2O2S/c13-7-2-1-3-8(4-7)18-11-5-9(12(16)17)10(14)6-15-11/h1-6H,14H2,(H,16,17). The monoisotopic (exact) mass is 264 g/mol. The smallest absolute Gasteiger partial charge is 0.337 e. The number of nitrogen functional groups attached to an aromatic ring is 1. The van der Waals surface area contributed by atoms with Crippen molar-refractivity contribution in [2.75, 3.05) is 5.73 Å². The Bertz CT molecular complexity index is 604. The van der Waals surface area contributed by atoms with Gasteiger partial charge in [-0.05, 0) is 24.3 Å². The molecular weight excluding hydrogens is 255 g/mol. The zero-order valence-corrected chi connectivity index (χ0v) is 9.95. The second-order valence-corrected chi connectivity index (χ2v) is 4.57. The maximum atomic E-state index is 13.0. The van der Waals surface area contributed by atoms with Crippen LogP contribution in [0.15, 0.2) is 46.5 Å². The van der Waals surface area contributed by atoms with Crippen LogP contribution in [0.4, 0.5) is 10.1 Å². The Morgan fingerprint density at radius 3 is 2.83 bits per heavy atom. The van der Waals surface area contributed by atoms with Gasteiger partial charge in [0.2, 0.25) is 0 Å². The van der Waals surface area contributed by atoms with E-state index in [1.54, 1.807) is 12.1 Å². The van der Waals surface area contributed by atoms with Gasteiger partial charge in [0.05, 0.1) is 17.4 Å². The molecule has 0 aliphatic rings. The SMILES string of the molecule is Nc1cnc(Sc2cccc(F)c2)cc1C(=O)O. The van der Waals surface area contributed by atoms with Crippen molar-refractivity contribution in [2.45, 2.75) is 9.92 Å². The van der Waals surface area contributed by atoms with E-state index < -0.39 is 5.97 Å². The number of carboxylic acids is 1. The van der Waals surface area contributed by atoms with E-state index in [0.717, 1.165) is 0 Å². The van der Waals surface area contributed by atoms with E-state index in [0.29, 0.717) is 9.92 Å². The van der Waals surface area contributed by atoms with E-state index >= 15 is 0 Å². The van der Waals surface area contributed by atoms with E-state index in [1.165, 1.54) is 36.2 Å². The van der Waals surface area contributed by atoms with Crippen LogP contribution < -0.4 is 5.73 Å². The first-order chi connectivity index (χ1) is 8.56. The fraction of sp³-hybridized carbons (Fsp3) is 0. The Morgan fingerprint density at radius 1 is 1.39 bits per heavy atom. The zero-order chi connectivity index (χ0) is 13.1. The lowest BCUT2D eigenvalue weighted by atomic mass is 10.2. The van der Waals surface area contributed by atoms with Gasteiger partial charge in [0.25, 0.3) is 0 Å². The molecule has 2 rings (SSSR count). The first kappa shape index (κ1) is 12.4. The molecule has 0 unspecified atom stereocenters. The first-order valence-electron chi connectivity index (χ1n) is 4.98. The number of hydrogen-bond acceptors (Lipinski definition) is 4. The van der Waals surface area contributed by atoms with Crippen LogP contribution in [0.3, 0.4) is 0 Å². The number of carbonyl (C=O) groups is 1. The summed E-state index contributed by atoms with van der Waals surface area (Å²) in [5.74, 6) is -1.47. The number of nitrogens with zero attached hydrogens (tertiary/aromatic N) is 1. The van der Waals surface area contributed by atoms with Crippen molar-refractivity contribution in [3.63, 3.8) is 0 Å². The van der Waals surface area contributed by atoms with Gasteiger partial charge in [0.15, 0.2) is 0 Å². The Morgan fingerprint density at radius 2 is 2.17 bits per heavy atom. The van der Waals surface area contributed by atoms with Gasteiger partial charge < -0.3 is 10.8 Å². The van der Waals surface area contributed by atoms with Gasteiger partial charge in [-0.2, -0.15) is 0 Å². The third-order valence-electron chi connectivity index (χ3n) is 2.16. The topological polar surface area (TPSA) is 76.2 Å². The van der Waals surface area contributed by atoms with Crippen LogP contribution in [0.2, 0.25) is 0 Å². The zero-order valence-electron chi connectivity index (χ0n) is 9.13. The number of anilines is 1. The minimum atomic E-state index is -1.11. The minimum Gasteiger partial charge on any atom is -0.478 e. The highest BCUT2D eigenvalue weighted by atomic mass is 32.2. The highest BCUT2D eigenvalue weighted by molar-refractivity contribution is 7.99. The first-order valence-corrected chi connectivity index (χ1v) is 5.80. The fourth-order valence-electron chi connectivity index (χ4n) is 1.34. The van der Waals surface area contributed by atoms with Crippen molar-refractivity contribution in [3.05, 3.63) is 47.9 Å². The summed E-state index contributed by atoms with van der Waals surface area (Å²) >= 11 is 1.17. The second kappa shape index (κ2) is 5.05. The van der Waals surface area contributed by atoms with Crippen LogP contribution in [-0.4, -0.2) is 16.1 Å². The van der Waals surface area contributed by atoms with Crippen molar-refractivity contribution in [1.29, 1.82) is 0 Å². The summed E-state index contributed by atoms with van der Waals surface area (Å²) < 4.78 is 13.0. The lowest BCUT2D eigenvalue weighted by Gasteiger charge is -2.04. The molecule has 0 saturated carbocycles. The van der Waals surface area contributed by atoms with E-state index in [2.05, 4.69) is 4.98 Å². The summed E-state index contributed by atoms with van der Waals surface area (Å²) in [7, 11) is 0. The number of benzene rings is 1. The molecule has 0 aliphatic heterocycles. The molecule has 0 amide bonds. The molecule has 0 bridgehead atoms. The van der Waals surface area contributed by atoms with Crippen LogP contribution in [0, 0.1) is 5.82 Å². The number of nitrogens with two attached hydrogens (primary N) is 1. The van der Waals surface area contributed by atoms with Gasteiger partial charge in [-0.25, -0.2) is 14.2 Å². The van der Waals surface area contributed by atoms with Crippen LogP contribution in [-0.2, 0) is 0 Å². The van der Waals surface area contributed by atoms with Crippen LogP contribution in [0.1, 0.15) is 10.4 Å². The lowest BCUT2D eigenvalue weighted by molar-refractivity contribution is 0.0697. The van der Waals surface area contributed by atoms with Gasteiger partial charge in [-0.1, -0.05) is 17.8 Å². The summed E-state index contributed by atoms with van der Waals surface area (Å²) in [6.45, 7) is 0. The molecule has 92 valence electrons. The van der Waals surface area contributed by atoms with Crippen molar-refractivity contribution < 1.29 is 14.3 Å². The molecule has 18 heavy (non-hydrogen) atoms. The number of rotatable bonds is 3. The molecule has 3 N–H and O–H groups in total. The highest BCUT2D eigenvalue weighted by Gasteiger charge is 2.10. The normalized spacial score (nSPS) is 10.3. The summed E-state index contributed by atoms with van der Waals surface area (Å²) in [6.07, 6.45) is 1.28. The molecule has 0 radical (unpaired) electrons. The largest absolute Gasteiger partial charge is 0.478 e. The molecule has 1 heterocycles. The molecule has 4 nitrogen and oxygen atoms in total. The average Bonchev–Trinajstić information content (AvgIpc) is 2.31. The van der Waals surface area contributed by atoms with Gasteiger partial charge in [0.1, 0.15) is 10.8 Å². The van der Waals surface area contributed by atoms with Gasteiger partial charge in [-0.15, -0.1) is 0 Å². The molecule has 1 aromatic heterocycles. The van der Waals surface area contributed by atoms with Gasteiger partial charge >= 0.3 is 5.97 Å². The molecule has 2 aromatic rings. The quantitative estimate of drug-likeness (QED) is 0.891. The third-order valence-corrected chi connectivity index (χ3v) is 3.08. The number of halogens is 1. The minimum absolute atomic E-state index is 0.0103. The number of carboxylic acid groups (broad SMARTS) is 1. The number of hydrogen-bond donors (Lipinski definition) is 2. The highest BCUT2D eigenvalue weighted by Crippen LogP contribution is 2.28. The van der Waals surface area contributed by atoms with Crippen LogP contribution in [0.25, 0.3) is 0 Å². The van der Waals surface area contributed by atoms with Crippen LogP contribution >= 0.6 is 11.8 Å². The Kier molecular flexibility index (Phi) is 3.47. The van der Waals surface area contributed by atoms with Gasteiger partial charge in [0, 0.05) is 4.90 Å².